The first-order valence-electron chi connectivity index (χ1n) is 8.93. The summed E-state index contributed by atoms with van der Waals surface area (Å²) in [5.41, 5.74) is 2.99. The Morgan fingerprint density at radius 1 is 1.19 bits per heavy atom. The lowest BCUT2D eigenvalue weighted by molar-refractivity contribution is -0.128. The molecule has 1 atom stereocenters. The fraction of sp³-hybridized carbons (Fsp3) is 0.333. The van der Waals surface area contributed by atoms with Crippen LogP contribution in [-0.2, 0) is 16.1 Å². The van der Waals surface area contributed by atoms with Crippen LogP contribution >= 0.6 is 0 Å². The van der Waals surface area contributed by atoms with E-state index in [9.17, 15) is 9.59 Å². The molecule has 1 N–H and O–H groups in total. The van der Waals surface area contributed by atoms with Gasteiger partial charge in [-0.05, 0) is 49.2 Å². The van der Waals surface area contributed by atoms with Crippen LogP contribution in [0.25, 0.3) is 0 Å². The second-order valence-electron chi connectivity index (χ2n) is 6.55. The Kier molecular flexibility index (Phi) is 5.56. The highest BCUT2D eigenvalue weighted by molar-refractivity contribution is 5.97. The third kappa shape index (κ3) is 4.23. The van der Waals surface area contributed by atoms with Crippen LogP contribution in [0.2, 0.25) is 0 Å². The molecule has 5 heteroatoms. The molecule has 0 bridgehead atoms. The minimum Gasteiger partial charge on any atom is -0.494 e. The Morgan fingerprint density at radius 2 is 1.92 bits per heavy atom. The van der Waals surface area contributed by atoms with Crippen LogP contribution in [-0.4, -0.2) is 29.9 Å². The molecule has 0 radical (unpaired) electrons. The maximum atomic E-state index is 12.5. The average molecular weight is 352 g/mol. The molecular formula is C21H24N2O3. The predicted octanol–water partition coefficient (Wildman–Crippen LogP) is 3.38. The van der Waals surface area contributed by atoms with Crippen molar-refractivity contribution >= 4 is 17.5 Å². The van der Waals surface area contributed by atoms with E-state index in [2.05, 4.69) is 5.32 Å². The van der Waals surface area contributed by atoms with Crippen LogP contribution in [0.4, 0.5) is 5.69 Å². The maximum Gasteiger partial charge on any atom is 0.229 e. The molecule has 1 saturated heterocycles. The third-order valence-corrected chi connectivity index (χ3v) is 4.64. The first-order chi connectivity index (χ1) is 12.6. The normalized spacial score (nSPS) is 16.6. The van der Waals surface area contributed by atoms with Gasteiger partial charge in [0.2, 0.25) is 11.8 Å². The first-order valence-corrected chi connectivity index (χ1v) is 8.93. The minimum atomic E-state index is -0.321. The second-order valence-corrected chi connectivity index (χ2v) is 6.55. The molecule has 1 aliphatic heterocycles. The summed E-state index contributed by atoms with van der Waals surface area (Å²) in [5.74, 6) is 0.360. The van der Waals surface area contributed by atoms with Gasteiger partial charge in [0, 0.05) is 25.2 Å². The smallest absolute Gasteiger partial charge is 0.229 e. The molecule has 0 saturated carbocycles. The van der Waals surface area contributed by atoms with Crippen LogP contribution < -0.4 is 10.1 Å². The fourth-order valence-corrected chi connectivity index (χ4v) is 3.14. The Morgan fingerprint density at radius 3 is 2.62 bits per heavy atom. The van der Waals surface area contributed by atoms with Crippen molar-refractivity contribution in [1.82, 2.24) is 4.90 Å². The third-order valence-electron chi connectivity index (χ3n) is 4.64. The van der Waals surface area contributed by atoms with Gasteiger partial charge >= 0.3 is 0 Å². The molecule has 2 amide bonds. The number of hydrogen-bond donors (Lipinski definition) is 1. The molecule has 3 rings (SSSR count). The number of likely N-dealkylation sites (tertiary alicyclic amines) is 1. The number of aryl methyl sites for hydroxylation is 1. The molecular weight excluding hydrogens is 328 g/mol. The van der Waals surface area contributed by atoms with Gasteiger partial charge in [-0.25, -0.2) is 0 Å². The Balaban J connectivity index is 1.59. The van der Waals surface area contributed by atoms with Gasteiger partial charge in [-0.2, -0.15) is 0 Å². The number of hydrogen-bond acceptors (Lipinski definition) is 3. The van der Waals surface area contributed by atoms with E-state index in [-0.39, 0.29) is 24.2 Å². The summed E-state index contributed by atoms with van der Waals surface area (Å²) in [4.78, 5) is 26.6. The van der Waals surface area contributed by atoms with Crippen molar-refractivity contribution in [2.45, 2.75) is 26.8 Å². The zero-order valence-corrected chi connectivity index (χ0v) is 15.2. The van der Waals surface area contributed by atoms with E-state index in [0.717, 1.165) is 16.9 Å². The molecule has 1 aliphatic rings. The Labute approximate surface area is 154 Å². The lowest BCUT2D eigenvalue weighted by Gasteiger charge is -2.18. The van der Waals surface area contributed by atoms with E-state index < -0.39 is 0 Å². The topological polar surface area (TPSA) is 58.6 Å². The van der Waals surface area contributed by atoms with Crippen molar-refractivity contribution in [3.8, 4) is 5.75 Å². The maximum absolute atomic E-state index is 12.5. The summed E-state index contributed by atoms with van der Waals surface area (Å²) in [6, 6.07) is 15.3. The summed E-state index contributed by atoms with van der Waals surface area (Å²) in [7, 11) is 0. The number of anilines is 1. The highest BCUT2D eigenvalue weighted by Gasteiger charge is 2.34. The molecule has 2 aromatic rings. The van der Waals surface area contributed by atoms with Gasteiger partial charge < -0.3 is 15.0 Å². The molecule has 136 valence electrons. The lowest BCUT2D eigenvalue weighted by atomic mass is 10.1. The van der Waals surface area contributed by atoms with Gasteiger partial charge in [-0.15, -0.1) is 0 Å². The van der Waals surface area contributed by atoms with Gasteiger partial charge in [-0.1, -0.05) is 24.3 Å². The summed E-state index contributed by atoms with van der Waals surface area (Å²) >= 11 is 0. The number of carbonyl (C=O) groups is 2. The average Bonchev–Trinajstić information content (AvgIpc) is 3.00. The summed E-state index contributed by atoms with van der Waals surface area (Å²) in [6.07, 6.45) is 0.259. The molecule has 0 aromatic heterocycles. The number of ether oxygens (including phenoxy) is 1. The molecule has 1 unspecified atom stereocenters. The number of nitrogens with zero attached hydrogens (tertiary/aromatic N) is 1. The van der Waals surface area contributed by atoms with Gasteiger partial charge in [0.25, 0.3) is 0 Å². The fourth-order valence-electron chi connectivity index (χ4n) is 3.14. The van der Waals surface area contributed by atoms with E-state index in [1.165, 1.54) is 0 Å². The molecule has 1 heterocycles. The zero-order chi connectivity index (χ0) is 18.5. The van der Waals surface area contributed by atoms with Crippen LogP contribution in [0.3, 0.4) is 0 Å². The number of carbonyl (C=O) groups excluding carboxylic acids is 2. The van der Waals surface area contributed by atoms with E-state index in [1.807, 2.05) is 62.4 Å². The van der Waals surface area contributed by atoms with Crippen LogP contribution in [0.15, 0.2) is 48.5 Å². The summed E-state index contributed by atoms with van der Waals surface area (Å²) in [6.45, 7) is 5.57. The van der Waals surface area contributed by atoms with E-state index in [4.69, 9.17) is 4.74 Å². The van der Waals surface area contributed by atoms with Crippen molar-refractivity contribution in [2.24, 2.45) is 5.92 Å². The quantitative estimate of drug-likeness (QED) is 0.867. The number of nitrogens with one attached hydrogen (secondary N) is 1. The predicted molar refractivity (Wildman–Crippen MR) is 101 cm³/mol. The summed E-state index contributed by atoms with van der Waals surface area (Å²) < 4.78 is 5.40. The molecule has 0 aliphatic carbocycles. The molecule has 0 spiro atoms. The summed E-state index contributed by atoms with van der Waals surface area (Å²) in [5, 5.41) is 2.90. The lowest BCUT2D eigenvalue weighted by Crippen LogP contribution is -2.28. The van der Waals surface area contributed by atoms with Gasteiger partial charge in [0.05, 0.1) is 12.5 Å². The largest absolute Gasteiger partial charge is 0.494 e. The second kappa shape index (κ2) is 8.04. The van der Waals surface area contributed by atoms with Crippen molar-refractivity contribution in [3.63, 3.8) is 0 Å². The molecule has 2 aromatic carbocycles. The van der Waals surface area contributed by atoms with Crippen LogP contribution in [0.1, 0.15) is 24.5 Å². The van der Waals surface area contributed by atoms with Crippen molar-refractivity contribution in [1.29, 1.82) is 0 Å². The van der Waals surface area contributed by atoms with Gasteiger partial charge in [0.1, 0.15) is 5.75 Å². The standard InChI is InChI=1S/C21H24N2O3/c1-3-26-19-10-8-18(9-11-19)22-21(25)17-12-20(24)23(14-17)13-16-7-5-4-6-15(16)2/h4-11,17H,3,12-14H2,1-2H3,(H,22,25). The molecule has 1 fully saturated rings. The molecule has 26 heavy (non-hydrogen) atoms. The van der Waals surface area contributed by atoms with Crippen molar-refractivity contribution in [3.05, 3.63) is 59.7 Å². The van der Waals surface area contributed by atoms with Gasteiger partial charge in [-0.3, -0.25) is 9.59 Å². The highest BCUT2D eigenvalue weighted by Crippen LogP contribution is 2.23. The van der Waals surface area contributed by atoms with Crippen molar-refractivity contribution in [2.75, 3.05) is 18.5 Å². The Bertz CT molecular complexity index is 786. The van der Waals surface area contributed by atoms with E-state index in [0.29, 0.717) is 25.4 Å². The minimum absolute atomic E-state index is 0.0279. The SMILES string of the molecule is CCOc1ccc(NC(=O)C2CC(=O)N(Cc3ccccc3C)C2)cc1. The number of amides is 2. The molecule has 5 nitrogen and oxygen atoms in total. The monoisotopic (exact) mass is 352 g/mol. The van der Waals surface area contributed by atoms with Crippen molar-refractivity contribution < 1.29 is 14.3 Å². The van der Waals surface area contributed by atoms with E-state index in [1.54, 1.807) is 4.90 Å². The Hall–Kier alpha value is -2.82. The number of benzene rings is 2. The van der Waals surface area contributed by atoms with E-state index >= 15 is 0 Å². The zero-order valence-electron chi connectivity index (χ0n) is 15.2. The number of rotatable bonds is 6. The van der Waals surface area contributed by atoms with Crippen LogP contribution in [0, 0.1) is 12.8 Å². The first kappa shape index (κ1) is 18.0. The van der Waals surface area contributed by atoms with Gasteiger partial charge in [0.15, 0.2) is 0 Å². The highest BCUT2D eigenvalue weighted by atomic mass is 16.5. The van der Waals surface area contributed by atoms with Crippen LogP contribution in [0.5, 0.6) is 5.75 Å².